The maximum absolute atomic E-state index is 5.13. The van der Waals surface area contributed by atoms with Crippen molar-refractivity contribution in [2.75, 3.05) is 0 Å². The average Bonchev–Trinajstić information content (AvgIpc) is 2.92. The molecule has 0 radical (unpaired) electrons. The van der Waals surface area contributed by atoms with Gasteiger partial charge in [0, 0.05) is 26.6 Å². The van der Waals surface area contributed by atoms with E-state index in [1.165, 1.54) is 99.3 Å². The SMILES string of the molecule is CCCCCC(C=Nc1ccc(CCCC)c(CCCC)c1)=Nc1ccc(CCCC)c(CCCC)c1.[Pd]. The maximum Gasteiger partial charge on any atom is 0.0636 e. The molecule has 38 heavy (non-hydrogen) atoms. The summed E-state index contributed by atoms with van der Waals surface area (Å²) in [7, 11) is 0. The minimum Gasteiger partial charge on any atom is -0.255 e. The van der Waals surface area contributed by atoms with Gasteiger partial charge in [-0.3, -0.25) is 9.98 Å². The average molecular weight is 609 g/mol. The summed E-state index contributed by atoms with van der Waals surface area (Å²) in [5, 5.41) is 0. The van der Waals surface area contributed by atoms with Crippen LogP contribution in [-0.2, 0) is 46.1 Å². The number of hydrogen-bond acceptors (Lipinski definition) is 2. The molecule has 0 atom stereocenters. The van der Waals surface area contributed by atoms with Crippen LogP contribution >= 0.6 is 0 Å². The maximum atomic E-state index is 5.13. The topological polar surface area (TPSA) is 24.7 Å². The molecule has 0 fully saturated rings. The summed E-state index contributed by atoms with van der Waals surface area (Å²) in [4.78, 5) is 10.1. The summed E-state index contributed by atoms with van der Waals surface area (Å²) in [6.45, 7) is 11.4. The van der Waals surface area contributed by atoms with Crippen molar-refractivity contribution in [1.82, 2.24) is 0 Å². The second-order valence-electron chi connectivity index (χ2n) is 10.6. The van der Waals surface area contributed by atoms with E-state index >= 15 is 0 Å². The minimum absolute atomic E-state index is 0. The van der Waals surface area contributed by atoms with Gasteiger partial charge in [0.05, 0.1) is 17.1 Å². The van der Waals surface area contributed by atoms with E-state index in [4.69, 9.17) is 9.98 Å². The molecule has 0 amide bonds. The predicted octanol–water partition coefficient (Wildman–Crippen LogP) is 11.1. The molecule has 0 N–H and O–H groups in total. The van der Waals surface area contributed by atoms with Crippen LogP contribution < -0.4 is 0 Å². The van der Waals surface area contributed by atoms with E-state index in [1.807, 2.05) is 6.21 Å². The Morgan fingerprint density at radius 3 is 1.50 bits per heavy atom. The second-order valence-corrected chi connectivity index (χ2v) is 10.6. The van der Waals surface area contributed by atoms with Crippen LogP contribution in [0.3, 0.4) is 0 Å². The molecule has 0 aliphatic rings. The normalized spacial score (nSPS) is 11.8. The fourth-order valence-electron chi connectivity index (χ4n) is 4.82. The van der Waals surface area contributed by atoms with Crippen LogP contribution in [0.1, 0.15) is 134 Å². The van der Waals surface area contributed by atoms with Gasteiger partial charge < -0.3 is 0 Å². The first kappa shape index (κ1) is 34.5. The summed E-state index contributed by atoms with van der Waals surface area (Å²) >= 11 is 0. The van der Waals surface area contributed by atoms with Crippen molar-refractivity contribution in [3.8, 4) is 0 Å². The molecule has 0 spiro atoms. The summed E-state index contributed by atoms with van der Waals surface area (Å²) in [5.41, 5.74) is 9.24. The van der Waals surface area contributed by atoms with E-state index in [9.17, 15) is 0 Å². The number of unbranched alkanes of at least 4 members (excludes halogenated alkanes) is 6. The molecular weight excluding hydrogens is 555 g/mol. The zero-order valence-electron chi connectivity index (χ0n) is 25.1. The van der Waals surface area contributed by atoms with Crippen molar-refractivity contribution in [1.29, 1.82) is 0 Å². The second kappa shape index (κ2) is 21.3. The van der Waals surface area contributed by atoms with Crippen LogP contribution in [0, 0.1) is 0 Å². The summed E-state index contributed by atoms with van der Waals surface area (Å²) in [6, 6.07) is 13.7. The molecule has 3 heteroatoms. The molecule has 0 bridgehead atoms. The fourth-order valence-corrected chi connectivity index (χ4v) is 4.82. The quantitative estimate of drug-likeness (QED) is 0.0861. The zero-order valence-corrected chi connectivity index (χ0v) is 26.6. The summed E-state index contributed by atoms with van der Waals surface area (Å²) < 4.78 is 0. The Hall–Kier alpha value is -1.56. The van der Waals surface area contributed by atoms with Crippen molar-refractivity contribution in [3.05, 3.63) is 58.7 Å². The van der Waals surface area contributed by atoms with E-state index in [1.54, 1.807) is 0 Å². The molecule has 0 heterocycles. The molecule has 2 rings (SSSR count). The van der Waals surface area contributed by atoms with Gasteiger partial charge in [0.25, 0.3) is 0 Å². The Morgan fingerprint density at radius 2 is 1.00 bits per heavy atom. The van der Waals surface area contributed by atoms with Crippen LogP contribution in [0.4, 0.5) is 11.4 Å². The number of nitrogens with zero attached hydrogens (tertiary/aromatic N) is 2. The molecule has 0 saturated heterocycles. The first-order valence-corrected chi connectivity index (χ1v) is 15.5. The summed E-state index contributed by atoms with van der Waals surface area (Å²) in [6.07, 6.45) is 21.2. The van der Waals surface area contributed by atoms with Gasteiger partial charge >= 0.3 is 0 Å². The smallest absolute Gasteiger partial charge is 0.0636 e. The van der Waals surface area contributed by atoms with Crippen molar-refractivity contribution in [3.63, 3.8) is 0 Å². The van der Waals surface area contributed by atoms with Crippen LogP contribution in [0.2, 0.25) is 0 Å². The largest absolute Gasteiger partial charge is 0.255 e. The third-order valence-corrected chi connectivity index (χ3v) is 7.25. The van der Waals surface area contributed by atoms with Gasteiger partial charge in [-0.05, 0) is 111 Å². The number of hydrogen-bond donors (Lipinski definition) is 0. The molecule has 2 nitrogen and oxygen atoms in total. The Kier molecular flexibility index (Phi) is 19.3. The Morgan fingerprint density at radius 1 is 0.553 bits per heavy atom. The van der Waals surface area contributed by atoms with Gasteiger partial charge in [-0.25, -0.2) is 0 Å². The Bertz CT molecular complexity index is 960. The molecule has 2 aromatic rings. The molecule has 0 aliphatic carbocycles. The van der Waals surface area contributed by atoms with E-state index in [2.05, 4.69) is 71.0 Å². The van der Waals surface area contributed by atoms with E-state index < -0.39 is 0 Å². The first-order chi connectivity index (χ1) is 18.1. The monoisotopic (exact) mass is 608 g/mol. The van der Waals surface area contributed by atoms with Crippen LogP contribution in [0.5, 0.6) is 0 Å². The minimum atomic E-state index is 0. The number of aryl methyl sites for hydroxylation is 4. The zero-order chi connectivity index (χ0) is 26.7. The van der Waals surface area contributed by atoms with E-state index in [-0.39, 0.29) is 20.4 Å². The van der Waals surface area contributed by atoms with E-state index in [0.717, 1.165) is 42.8 Å². The third kappa shape index (κ3) is 13.0. The van der Waals surface area contributed by atoms with Gasteiger partial charge in [-0.15, -0.1) is 0 Å². The molecule has 2 aromatic carbocycles. The Balaban J connectivity index is 0.00000722. The molecule has 0 aliphatic heterocycles. The van der Waals surface area contributed by atoms with Crippen molar-refractivity contribution in [2.45, 2.75) is 137 Å². The van der Waals surface area contributed by atoms with Gasteiger partial charge in [-0.2, -0.15) is 0 Å². The fraction of sp³-hybridized carbons (Fsp3) is 0.600. The number of rotatable bonds is 19. The number of benzene rings is 2. The van der Waals surface area contributed by atoms with Crippen molar-refractivity contribution in [2.24, 2.45) is 9.98 Å². The van der Waals surface area contributed by atoms with Crippen LogP contribution in [0.15, 0.2) is 46.4 Å². The molecule has 214 valence electrons. The van der Waals surface area contributed by atoms with Crippen molar-refractivity contribution < 1.29 is 20.4 Å². The van der Waals surface area contributed by atoms with Gasteiger partial charge in [0.1, 0.15) is 0 Å². The standard InChI is InChI=1S/C35H54N2.Pd/c1-6-11-16-21-35(37-34-25-23-30(18-13-8-3)32(27-34)20-15-10-5)28-36-33-24-22-29(17-12-7-2)31(26-33)19-14-9-4;/h22-28H,6-21H2,1-5H3;. The van der Waals surface area contributed by atoms with E-state index in [0.29, 0.717) is 0 Å². The first-order valence-electron chi connectivity index (χ1n) is 15.5. The molecule has 0 unspecified atom stereocenters. The van der Waals surface area contributed by atoms with Gasteiger partial charge in [-0.1, -0.05) is 85.3 Å². The number of aliphatic imine (C=N–C) groups is 2. The summed E-state index contributed by atoms with van der Waals surface area (Å²) in [5.74, 6) is 0. The molecular formula is C35H54N2Pd. The predicted molar refractivity (Wildman–Crippen MR) is 167 cm³/mol. The van der Waals surface area contributed by atoms with Crippen molar-refractivity contribution >= 4 is 23.3 Å². The molecule has 0 aromatic heterocycles. The van der Waals surface area contributed by atoms with Gasteiger partial charge in [0.2, 0.25) is 0 Å². The Labute approximate surface area is 248 Å². The molecule has 0 saturated carbocycles. The third-order valence-electron chi connectivity index (χ3n) is 7.25. The van der Waals surface area contributed by atoms with Crippen LogP contribution in [-0.4, -0.2) is 11.9 Å². The van der Waals surface area contributed by atoms with Gasteiger partial charge in [0.15, 0.2) is 0 Å². The van der Waals surface area contributed by atoms with Crippen LogP contribution in [0.25, 0.3) is 0 Å².